The highest BCUT2D eigenvalue weighted by Gasteiger charge is 2.14. The van der Waals surface area contributed by atoms with Crippen LogP contribution in [0, 0.1) is 5.82 Å². The van der Waals surface area contributed by atoms with Gasteiger partial charge in [0.2, 0.25) is 0 Å². The molecule has 1 heterocycles. The van der Waals surface area contributed by atoms with Gasteiger partial charge < -0.3 is 9.26 Å². The van der Waals surface area contributed by atoms with E-state index in [9.17, 15) is 9.18 Å². The van der Waals surface area contributed by atoms with Gasteiger partial charge in [-0.3, -0.25) is 10.2 Å². The van der Waals surface area contributed by atoms with Crippen LogP contribution in [0.3, 0.4) is 0 Å². The van der Waals surface area contributed by atoms with Crippen molar-refractivity contribution >= 4 is 5.91 Å². The Balaban J connectivity index is 2.34. The Hall–Kier alpha value is -2.41. The zero-order valence-corrected chi connectivity index (χ0v) is 9.44. The third-order valence-electron chi connectivity index (χ3n) is 2.31. The van der Waals surface area contributed by atoms with Gasteiger partial charge in [-0.2, -0.15) is 0 Å². The number of amides is 1. The zero-order valence-electron chi connectivity index (χ0n) is 9.44. The molecule has 7 heteroatoms. The van der Waals surface area contributed by atoms with Crippen LogP contribution < -0.4 is 16.0 Å². The van der Waals surface area contributed by atoms with Crippen LogP contribution in [0.5, 0.6) is 5.75 Å². The number of methoxy groups -OCH3 is 1. The molecule has 6 nitrogen and oxygen atoms in total. The van der Waals surface area contributed by atoms with Gasteiger partial charge in [-0.1, -0.05) is 5.16 Å². The summed E-state index contributed by atoms with van der Waals surface area (Å²) in [7, 11) is 1.37. The van der Waals surface area contributed by atoms with E-state index in [0.29, 0.717) is 5.56 Å². The van der Waals surface area contributed by atoms with E-state index >= 15 is 0 Å². The number of carbonyl (C=O) groups excluding carboxylic acids is 1. The van der Waals surface area contributed by atoms with Crippen LogP contribution in [0.1, 0.15) is 10.5 Å². The summed E-state index contributed by atoms with van der Waals surface area (Å²) in [4.78, 5) is 11.2. The first-order valence-corrected chi connectivity index (χ1v) is 4.97. The number of benzene rings is 1. The number of nitrogens with one attached hydrogen (secondary N) is 1. The molecule has 0 aliphatic carbocycles. The standard InChI is InChI=1S/C11H10FN3O3/c1-17-9-3-2-6(4-7(9)12)10-5-8(15-18-10)11(16)14-13/h2-5H,13H2,1H3,(H,14,16). The Bertz CT molecular complexity index is 583. The van der Waals surface area contributed by atoms with Gasteiger partial charge in [0.15, 0.2) is 23.0 Å². The van der Waals surface area contributed by atoms with Gasteiger partial charge in [0.05, 0.1) is 7.11 Å². The molecule has 0 aliphatic rings. The van der Waals surface area contributed by atoms with Crippen LogP contribution in [0.2, 0.25) is 0 Å². The Morgan fingerprint density at radius 1 is 1.50 bits per heavy atom. The molecule has 0 radical (unpaired) electrons. The molecule has 0 unspecified atom stereocenters. The van der Waals surface area contributed by atoms with Crippen molar-refractivity contribution < 1.29 is 18.4 Å². The number of nitrogens with two attached hydrogens (primary N) is 1. The molecule has 0 saturated heterocycles. The van der Waals surface area contributed by atoms with Crippen LogP contribution in [-0.4, -0.2) is 18.2 Å². The van der Waals surface area contributed by atoms with E-state index in [1.54, 1.807) is 6.07 Å². The van der Waals surface area contributed by atoms with Crippen molar-refractivity contribution in [1.29, 1.82) is 0 Å². The predicted molar refractivity (Wildman–Crippen MR) is 60.1 cm³/mol. The first-order chi connectivity index (χ1) is 8.65. The summed E-state index contributed by atoms with van der Waals surface area (Å²) in [6.07, 6.45) is 0. The fourth-order valence-corrected chi connectivity index (χ4v) is 1.41. The molecule has 2 aromatic rings. The van der Waals surface area contributed by atoms with Gasteiger partial charge in [0.1, 0.15) is 0 Å². The summed E-state index contributed by atoms with van der Waals surface area (Å²) in [5.41, 5.74) is 2.38. The molecule has 1 aromatic heterocycles. The molecule has 0 atom stereocenters. The minimum Gasteiger partial charge on any atom is -0.494 e. The molecule has 18 heavy (non-hydrogen) atoms. The molecular formula is C11H10FN3O3. The van der Waals surface area contributed by atoms with Crippen molar-refractivity contribution in [1.82, 2.24) is 10.6 Å². The molecule has 0 bridgehead atoms. The van der Waals surface area contributed by atoms with E-state index in [1.165, 1.54) is 25.3 Å². The van der Waals surface area contributed by atoms with Crippen molar-refractivity contribution in [3.05, 3.63) is 35.8 Å². The average Bonchev–Trinajstić information content (AvgIpc) is 2.87. The Morgan fingerprint density at radius 2 is 2.28 bits per heavy atom. The summed E-state index contributed by atoms with van der Waals surface area (Å²) < 4.78 is 23.2. The van der Waals surface area contributed by atoms with E-state index in [0.717, 1.165) is 0 Å². The quantitative estimate of drug-likeness (QED) is 0.484. The largest absolute Gasteiger partial charge is 0.494 e. The van der Waals surface area contributed by atoms with Crippen molar-refractivity contribution in [3.8, 4) is 17.1 Å². The molecule has 0 fully saturated rings. The zero-order chi connectivity index (χ0) is 13.1. The second-order valence-corrected chi connectivity index (χ2v) is 3.40. The molecule has 94 valence electrons. The van der Waals surface area contributed by atoms with Crippen molar-refractivity contribution in [3.63, 3.8) is 0 Å². The smallest absolute Gasteiger partial charge is 0.287 e. The topological polar surface area (TPSA) is 90.4 Å². The molecular weight excluding hydrogens is 241 g/mol. The SMILES string of the molecule is COc1ccc(-c2cc(C(=O)NN)no2)cc1F. The lowest BCUT2D eigenvalue weighted by Gasteiger charge is -2.02. The van der Waals surface area contributed by atoms with Crippen molar-refractivity contribution in [2.24, 2.45) is 5.84 Å². The van der Waals surface area contributed by atoms with Gasteiger partial charge in [0.25, 0.3) is 5.91 Å². The van der Waals surface area contributed by atoms with Crippen molar-refractivity contribution in [2.75, 3.05) is 7.11 Å². The minimum absolute atomic E-state index is 0.0173. The minimum atomic E-state index is -0.584. The van der Waals surface area contributed by atoms with E-state index in [-0.39, 0.29) is 17.2 Å². The van der Waals surface area contributed by atoms with E-state index in [4.69, 9.17) is 15.1 Å². The lowest BCUT2D eigenvalue weighted by atomic mass is 10.1. The molecule has 3 N–H and O–H groups in total. The third-order valence-corrected chi connectivity index (χ3v) is 2.31. The number of hydrogen-bond acceptors (Lipinski definition) is 5. The van der Waals surface area contributed by atoms with E-state index < -0.39 is 11.7 Å². The number of aromatic nitrogens is 1. The van der Waals surface area contributed by atoms with Crippen LogP contribution in [0.4, 0.5) is 4.39 Å². The van der Waals surface area contributed by atoms with Crippen LogP contribution in [0.15, 0.2) is 28.8 Å². The lowest BCUT2D eigenvalue weighted by molar-refractivity contribution is 0.0944. The molecule has 0 saturated carbocycles. The molecule has 1 amide bonds. The number of hydrogen-bond donors (Lipinski definition) is 2. The lowest BCUT2D eigenvalue weighted by Crippen LogP contribution is -2.30. The Labute approximate surface area is 101 Å². The maximum atomic E-state index is 13.5. The van der Waals surface area contributed by atoms with Gasteiger partial charge >= 0.3 is 0 Å². The first kappa shape index (κ1) is 12.1. The summed E-state index contributed by atoms with van der Waals surface area (Å²) in [6.45, 7) is 0. The molecule has 1 aromatic carbocycles. The second-order valence-electron chi connectivity index (χ2n) is 3.40. The number of nitrogen functional groups attached to an aromatic ring is 1. The fraction of sp³-hybridized carbons (Fsp3) is 0.0909. The monoisotopic (exact) mass is 251 g/mol. The maximum absolute atomic E-state index is 13.5. The highest BCUT2D eigenvalue weighted by molar-refractivity contribution is 5.92. The summed E-state index contributed by atoms with van der Waals surface area (Å²) in [5.74, 6) is 4.22. The second kappa shape index (κ2) is 4.84. The van der Waals surface area contributed by atoms with E-state index in [2.05, 4.69) is 5.16 Å². The highest BCUT2D eigenvalue weighted by atomic mass is 19.1. The number of halogens is 1. The van der Waals surface area contributed by atoms with Crippen LogP contribution in [0.25, 0.3) is 11.3 Å². The average molecular weight is 251 g/mol. The van der Waals surface area contributed by atoms with Crippen LogP contribution in [-0.2, 0) is 0 Å². The molecule has 2 rings (SSSR count). The third kappa shape index (κ3) is 2.16. The maximum Gasteiger partial charge on any atom is 0.287 e. The molecule has 0 aliphatic heterocycles. The number of carbonyl (C=O) groups is 1. The summed E-state index contributed by atoms with van der Waals surface area (Å²) >= 11 is 0. The van der Waals surface area contributed by atoms with Crippen molar-refractivity contribution in [2.45, 2.75) is 0 Å². The first-order valence-electron chi connectivity index (χ1n) is 4.97. The van der Waals surface area contributed by atoms with Gasteiger partial charge in [0, 0.05) is 11.6 Å². The van der Waals surface area contributed by atoms with Crippen LogP contribution >= 0.6 is 0 Å². The normalized spacial score (nSPS) is 10.2. The van der Waals surface area contributed by atoms with Gasteiger partial charge in [-0.25, -0.2) is 10.2 Å². The van der Waals surface area contributed by atoms with Gasteiger partial charge in [-0.15, -0.1) is 0 Å². The Kier molecular flexibility index (Phi) is 3.24. The van der Waals surface area contributed by atoms with E-state index in [1.807, 2.05) is 5.43 Å². The fourth-order valence-electron chi connectivity index (χ4n) is 1.41. The summed E-state index contributed by atoms with van der Waals surface area (Å²) in [6, 6.07) is 5.63. The Morgan fingerprint density at radius 3 is 2.89 bits per heavy atom. The number of rotatable bonds is 3. The predicted octanol–water partition coefficient (Wildman–Crippen LogP) is 1.09. The number of nitrogens with zero attached hydrogens (tertiary/aromatic N) is 1. The number of ether oxygens (including phenoxy) is 1. The number of hydrazine groups is 1. The highest BCUT2D eigenvalue weighted by Crippen LogP contribution is 2.25. The summed E-state index contributed by atoms with van der Waals surface area (Å²) in [5, 5.41) is 3.51. The van der Waals surface area contributed by atoms with Gasteiger partial charge in [-0.05, 0) is 18.2 Å². The molecule has 0 spiro atoms.